The lowest BCUT2D eigenvalue weighted by atomic mass is 10.2. The topological polar surface area (TPSA) is 79.2 Å². The highest BCUT2D eigenvalue weighted by Gasteiger charge is 2.23. The van der Waals surface area contributed by atoms with Crippen LogP contribution in [0.5, 0.6) is 0 Å². The van der Waals surface area contributed by atoms with Crippen LogP contribution >= 0.6 is 23.4 Å². The zero-order chi connectivity index (χ0) is 19.1. The van der Waals surface area contributed by atoms with Gasteiger partial charge in [0, 0.05) is 9.92 Å². The normalized spacial score (nSPS) is 12.5. The molecular formula is C19H17ClN2O3S. The van der Waals surface area contributed by atoms with Gasteiger partial charge in [0.25, 0.3) is 5.91 Å². The number of amides is 1. The molecular weight excluding hydrogens is 372 g/mol. The Bertz CT molecular complexity index is 833. The number of rotatable bonds is 6. The van der Waals surface area contributed by atoms with E-state index in [4.69, 9.17) is 21.6 Å². The van der Waals surface area contributed by atoms with Gasteiger partial charge in [0.05, 0.1) is 11.3 Å². The molecule has 26 heavy (non-hydrogen) atoms. The number of nitrogens with one attached hydrogen (secondary N) is 1. The highest BCUT2D eigenvalue weighted by atomic mass is 35.5. The van der Waals surface area contributed by atoms with E-state index in [1.54, 1.807) is 43.3 Å². The van der Waals surface area contributed by atoms with Gasteiger partial charge < -0.3 is 10.1 Å². The van der Waals surface area contributed by atoms with E-state index in [1.165, 1.54) is 18.7 Å². The Morgan fingerprint density at radius 2 is 1.81 bits per heavy atom. The average Bonchev–Trinajstić information content (AvgIpc) is 2.63. The summed E-state index contributed by atoms with van der Waals surface area (Å²) in [6.45, 7) is 3.19. The minimum atomic E-state index is -0.984. The molecule has 0 saturated heterocycles. The largest absolute Gasteiger partial charge is 0.452 e. The molecule has 0 radical (unpaired) electrons. The third-order valence-corrected chi connectivity index (χ3v) is 4.77. The summed E-state index contributed by atoms with van der Waals surface area (Å²) < 4.78 is 5.23. The summed E-state index contributed by atoms with van der Waals surface area (Å²) in [5.41, 5.74) is 0.720. The summed E-state index contributed by atoms with van der Waals surface area (Å²) in [6, 6.07) is 15.7. The Morgan fingerprint density at radius 1 is 1.15 bits per heavy atom. The Kier molecular flexibility index (Phi) is 7.07. The Morgan fingerprint density at radius 3 is 2.46 bits per heavy atom. The average molecular weight is 389 g/mol. The van der Waals surface area contributed by atoms with Crippen molar-refractivity contribution in [3.8, 4) is 6.07 Å². The first-order valence-corrected chi connectivity index (χ1v) is 9.09. The number of thioether (sulfide) groups is 1. The maximum Gasteiger partial charge on any atom is 0.319 e. The molecule has 7 heteroatoms. The van der Waals surface area contributed by atoms with E-state index >= 15 is 0 Å². The number of esters is 1. The predicted molar refractivity (Wildman–Crippen MR) is 102 cm³/mol. The molecule has 0 fully saturated rings. The minimum Gasteiger partial charge on any atom is -0.452 e. The third-order valence-electron chi connectivity index (χ3n) is 3.43. The first-order valence-electron chi connectivity index (χ1n) is 7.83. The monoisotopic (exact) mass is 388 g/mol. The van der Waals surface area contributed by atoms with E-state index in [-0.39, 0.29) is 0 Å². The van der Waals surface area contributed by atoms with Crippen molar-refractivity contribution in [3.63, 3.8) is 0 Å². The molecule has 2 aromatic rings. The van der Waals surface area contributed by atoms with E-state index in [0.717, 1.165) is 4.90 Å². The van der Waals surface area contributed by atoms with E-state index in [9.17, 15) is 9.59 Å². The molecule has 0 unspecified atom stereocenters. The van der Waals surface area contributed by atoms with Gasteiger partial charge >= 0.3 is 5.97 Å². The molecule has 0 spiro atoms. The van der Waals surface area contributed by atoms with Crippen molar-refractivity contribution >= 4 is 40.9 Å². The van der Waals surface area contributed by atoms with Crippen molar-refractivity contribution in [2.24, 2.45) is 0 Å². The van der Waals surface area contributed by atoms with Gasteiger partial charge in [-0.25, -0.2) is 0 Å². The summed E-state index contributed by atoms with van der Waals surface area (Å²) in [6.07, 6.45) is -0.984. The maximum atomic E-state index is 12.2. The molecule has 0 aromatic heterocycles. The second-order valence-corrected chi connectivity index (χ2v) is 7.29. The van der Waals surface area contributed by atoms with Crippen LogP contribution in [0.15, 0.2) is 53.4 Å². The van der Waals surface area contributed by atoms with E-state index in [1.807, 2.05) is 18.2 Å². The van der Waals surface area contributed by atoms with Crippen LogP contribution in [-0.2, 0) is 14.3 Å². The summed E-state index contributed by atoms with van der Waals surface area (Å²) >= 11 is 7.15. The Balaban J connectivity index is 1.92. The fourth-order valence-electron chi connectivity index (χ4n) is 2.01. The minimum absolute atomic E-state index is 0.339. The number of carbonyl (C=O) groups excluding carboxylic acids is 2. The van der Waals surface area contributed by atoms with Gasteiger partial charge in [0.2, 0.25) is 0 Å². The van der Waals surface area contributed by atoms with Crippen molar-refractivity contribution in [2.75, 3.05) is 5.32 Å². The van der Waals surface area contributed by atoms with Crippen LogP contribution in [0.4, 0.5) is 5.69 Å². The molecule has 0 saturated carbocycles. The summed E-state index contributed by atoms with van der Waals surface area (Å²) in [5, 5.41) is 11.8. The standard InChI is InChI=1S/C19H17ClN2O3S/c1-12(18(23)22-17-6-4-3-5-14(17)11-21)25-19(24)13(2)26-16-9-7-15(20)8-10-16/h3-10,12-13H,1-2H3,(H,22,23)/t12-,13-/m0/s1. The van der Waals surface area contributed by atoms with E-state index in [0.29, 0.717) is 16.3 Å². The first-order chi connectivity index (χ1) is 12.4. The summed E-state index contributed by atoms with van der Waals surface area (Å²) in [5.74, 6) is -0.995. The van der Waals surface area contributed by atoms with E-state index in [2.05, 4.69) is 5.32 Å². The molecule has 134 valence electrons. The fourth-order valence-corrected chi connectivity index (χ4v) is 2.99. The molecule has 0 heterocycles. The number of benzene rings is 2. The van der Waals surface area contributed by atoms with Crippen LogP contribution in [0.3, 0.4) is 0 Å². The van der Waals surface area contributed by atoms with Crippen LogP contribution in [0.2, 0.25) is 5.02 Å². The Hall–Kier alpha value is -2.49. The number of carbonyl (C=O) groups is 2. The summed E-state index contributed by atoms with van der Waals surface area (Å²) in [7, 11) is 0. The van der Waals surface area contributed by atoms with Crippen LogP contribution in [0.25, 0.3) is 0 Å². The molecule has 2 aromatic carbocycles. The lowest BCUT2D eigenvalue weighted by Crippen LogP contribution is -2.32. The van der Waals surface area contributed by atoms with Crippen LogP contribution < -0.4 is 5.32 Å². The Labute approximate surface area is 161 Å². The van der Waals surface area contributed by atoms with Gasteiger partial charge in [-0.3, -0.25) is 9.59 Å². The smallest absolute Gasteiger partial charge is 0.319 e. The lowest BCUT2D eigenvalue weighted by Gasteiger charge is -2.17. The van der Waals surface area contributed by atoms with E-state index < -0.39 is 23.2 Å². The second kappa shape index (κ2) is 9.27. The van der Waals surface area contributed by atoms with Gasteiger partial charge in [-0.2, -0.15) is 5.26 Å². The number of hydrogen-bond acceptors (Lipinski definition) is 5. The molecule has 2 atom stereocenters. The van der Waals surface area contributed by atoms with Crippen LogP contribution in [0.1, 0.15) is 19.4 Å². The van der Waals surface area contributed by atoms with Gasteiger partial charge in [-0.05, 0) is 50.2 Å². The quantitative estimate of drug-likeness (QED) is 0.590. The van der Waals surface area contributed by atoms with Crippen LogP contribution in [-0.4, -0.2) is 23.2 Å². The number of ether oxygens (including phenoxy) is 1. The molecule has 0 aliphatic rings. The molecule has 1 amide bonds. The number of nitriles is 1. The molecule has 0 aliphatic heterocycles. The molecule has 1 N–H and O–H groups in total. The van der Waals surface area contributed by atoms with Crippen molar-refractivity contribution in [1.29, 1.82) is 5.26 Å². The molecule has 5 nitrogen and oxygen atoms in total. The highest BCUT2D eigenvalue weighted by molar-refractivity contribution is 8.00. The molecule has 0 bridgehead atoms. The van der Waals surface area contributed by atoms with Gasteiger partial charge in [-0.15, -0.1) is 11.8 Å². The molecule has 2 rings (SSSR count). The predicted octanol–water partition coefficient (Wildman–Crippen LogP) is 4.26. The zero-order valence-electron chi connectivity index (χ0n) is 14.2. The first kappa shape index (κ1) is 19.8. The number of halogens is 1. The third kappa shape index (κ3) is 5.51. The number of hydrogen-bond donors (Lipinski definition) is 1. The van der Waals surface area contributed by atoms with Crippen molar-refractivity contribution in [1.82, 2.24) is 0 Å². The van der Waals surface area contributed by atoms with Gasteiger partial charge in [0.1, 0.15) is 11.3 Å². The van der Waals surface area contributed by atoms with Crippen molar-refractivity contribution in [3.05, 3.63) is 59.1 Å². The second-order valence-electron chi connectivity index (χ2n) is 5.44. The lowest BCUT2D eigenvalue weighted by molar-refractivity contribution is -0.152. The highest BCUT2D eigenvalue weighted by Crippen LogP contribution is 2.25. The maximum absolute atomic E-state index is 12.2. The van der Waals surface area contributed by atoms with Crippen molar-refractivity contribution < 1.29 is 14.3 Å². The van der Waals surface area contributed by atoms with Gasteiger partial charge in [0.15, 0.2) is 6.10 Å². The van der Waals surface area contributed by atoms with Gasteiger partial charge in [-0.1, -0.05) is 23.7 Å². The van der Waals surface area contributed by atoms with Crippen molar-refractivity contribution in [2.45, 2.75) is 30.1 Å². The number of anilines is 1. The number of para-hydroxylation sites is 1. The molecule has 0 aliphatic carbocycles. The zero-order valence-corrected chi connectivity index (χ0v) is 15.8. The summed E-state index contributed by atoms with van der Waals surface area (Å²) in [4.78, 5) is 25.3. The fraction of sp³-hybridized carbons (Fsp3) is 0.211. The van der Waals surface area contributed by atoms with Crippen LogP contribution in [0, 0.1) is 11.3 Å². The SMILES string of the molecule is C[C@H](OC(=O)[C@H](C)Sc1ccc(Cl)cc1)C(=O)Nc1ccccc1C#N. The number of nitrogens with zero attached hydrogens (tertiary/aromatic N) is 1.